The molecule has 2 atom stereocenters. The van der Waals surface area contributed by atoms with Crippen LogP contribution in [0.2, 0.25) is 0 Å². The lowest BCUT2D eigenvalue weighted by molar-refractivity contribution is 0.397. The third kappa shape index (κ3) is 3.79. The van der Waals surface area contributed by atoms with E-state index >= 15 is 0 Å². The minimum Gasteiger partial charge on any atom is -0.307 e. The molecule has 1 fully saturated rings. The van der Waals surface area contributed by atoms with Crippen LogP contribution in [0, 0.1) is 11.7 Å². The summed E-state index contributed by atoms with van der Waals surface area (Å²) in [5, 5.41) is 3.56. The van der Waals surface area contributed by atoms with Gasteiger partial charge in [-0.15, -0.1) is 0 Å². The molecule has 0 amide bonds. The largest absolute Gasteiger partial charge is 0.307 e. The van der Waals surface area contributed by atoms with Gasteiger partial charge in [-0.3, -0.25) is 0 Å². The molecule has 0 spiro atoms. The normalized spacial score (nSPS) is 18.7. The van der Waals surface area contributed by atoms with Crippen molar-refractivity contribution in [1.29, 1.82) is 0 Å². The van der Waals surface area contributed by atoms with Crippen molar-refractivity contribution in [2.24, 2.45) is 5.92 Å². The van der Waals surface area contributed by atoms with Crippen LogP contribution < -0.4 is 5.32 Å². The second-order valence-electron chi connectivity index (χ2n) is 5.34. The van der Waals surface area contributed by atoms with E-state index in [1.807, 2.05) is 19.1 Å². The number of rotatable bonds is 6. The Bertz CT molecular complexity index is 403. The van der Waals surface area contributed by atoms with Crippen LogP contribution in [-0.2, 0) is 0 Å². The average Bonchev–Trinajstić information content (AvgIpc) is 3.11. The van der Waals surface area contributed by atoms with Crippen LogP contribution in [0.5, 0.6) is 0 Å². The van der Waals surface area contributed by atoms with Gasteiger partial charge in [-0.1, -0.05) is 41.8 Å². The van der Waals surface area contributed by atoms with E-state index in [4.69, 9.17) is 0 Å². The topological polar surface area (TPSA) is 12.0 Å². The Hall–Kier alpha value is -0.410. The summed E-state index contributed by atoms with van der Waals surface area (Å²) in [6.07, 6.45) is 5.09. The van der Waals surface area contributed by atoms with Gasteiger partial charge >= 0.3 is 0 Å². The molecule has 1 aliphatic carbocycles. The van der Waals surface area contributed by atoms with Crippen molar-refractivity contribution in [3.8, 4) is 0 Å². The second kappa shape index (κ2) is 6.16. The molecule has 2 unspecified atom stereocenters. The summed E-state index contributed by atoms with van der Waals surface area (Å²) >= 11 is 3.29. The van der Waals surface area contributed by atoms with Crippen LogP contribution in [0.25, 0.3) is 0 Å². The second-order valence-corrected chi connectivity index (χ2v) is 6.25. The van der Waals surface area contributed by atoms with Crippen LogP contribution in [0.4, 0.5) is 4.39 Å². The lowest BCUT2D eigenvalue weighted by Gasteiger charge is -2.23. The van der Waals surface area contributed by atoms with E-state index in [9.17, 15) is 4.39 Å². The van der Waals surface area contributed by atoms with Gasteiger partial charge in [-0.05, 0) is 37.8 Å². The summed E-state index contributed by atoms with van der Waals surface area (Å²) in [6.45, 7) is 4.24. The molecule has 1 aliphatic rings. The van der Waals surface area contributed by atoms with E-state index < -0.39 is 0 Å². The van der Waals surface area contributed by atoms with Gasteiger partial charge in [0.1, 0.15) is 5.82 Å². The Kier molecular flexibility index (Phi) is 4.79. The van der Waals surface area contributed by atoms with Crippen molar-refractivity contribution in [2.75, 3.05) is 0 Å². The number of halogens is 2. The van der Waals surface area contributed by atoms with E-state index in [2.05, 4.69) is 28.2 Å². The Labute approximate surface area is 117 Å². The molecule has 100 valence electrons. The lowest BCUT2D eigenvalue weighted by atomic mass is 10.0. The zero-order valence-electron chi connectivity index (χ0n) is 11.0. The Morgan fingerprint density at radius 2 is 2.17 bits per heavy atom. The molecular formula is C15H21BrFN. The molecule has 18 heavy (non-hydrogen) atoms. The maximum absolute atomic E-state index is 13.9. The maximum atomic E-state index is 13.9. The molecule has 0 radical (unpaired) electrons. The van der Waals surface area contributed by atoms with Crippen LogP contribution >= 0.6 is 15.9 Å². The third-order valence-corrected chi connectivity index (χ3v) is 4.22. The highest BCUT2D eigenvalue weighted by Gasteiger charge is 2.25. The molecule has 1 aromatic carbocycles. The van der Waals surface area contributed by atoms with Gasteiger partial charge in [-0.25, -0.2) is 4.39 Å². The first-order valence-electron chi connectivity index (χ1n) is 6.81. The molecule has 1 nitrogen and oxygen atoms in total. The first-order chi connectivity index (χ1) is 8.60. The number of benzene rings is 1. The predicted molar refractivity (Wildman–Crippen MR) is 77.1 cm³/mol. The highest BCUT2D eigenvalue weighted by Crippen LogP contribution is 2.34. The Morgan fingerprint density at radius 3 is 2.72 bits per heavy atom. The van der Waals surface area contributed by atoms with Crippen molar-refractivity contribution < 1.29 is 4.39 Å². The highest BCUT2D eigenvalue weighted by atomic mass is 79.9. The predicted octanol–water partition coefficient (Wildman–Crippen LogP) is 4.82. The highest BCUT2D eigenvalue weighted by molar-refractivity contribution is 9.10. The zero-order valence-corrected chi connectivity index (χ0v) is 12.6. The summed E-state index contributed by atoms with van der Waals surface area (Å²) < 4.78 is 14.7. The van der Waals surface area contributed by atoms with Gasteiger partial charge < -0.3 is 5.32 Å². The molecule has 0 saturated heterocycles. The summed E-state index contributed by atoms with van der Waals surface area (Å²) in [5.41, 5.74) is 0.757. The molecule has 1 saturated carbocycles. The summed E-state index contributed by atoms with van der Waals surface area (Å²) in [4.78, 5) is 0. The molecule has 1 aromatic rings. The van der Waals surface area contributed by atoms with Gasteiger partial charge in [0.05, 0.1) is 0 Å². The molecule has 3 heteroatoms. The Balaban J connectivity index is 1.98. The summed E-state index contributed by atoms with van der Waals surface area (Å²) in [5.74, 6) is 0.773. The van der Waals surface area contributed by atoms with Crippen LogP contribution in [-0.4, -0.2) is 6.04 Å². The fourth-order valence-corrected chi connectivity index (χ4v) is 2.74. The Morgan fingerprint density at radius 1 is 1.44 bits per heavy atom. The minimum atomic E-state index is -0.134. The van der Waals surface area contributed by atoms with E-state index in [1.54, 1.807) is 0 Å². The van der Waals surface area contributed by atoms with E-state index in [0.29, 0.717) is 6.04 Å². The quantitative estimate of drug-likeness (QED) is 0.794. The van der Waals surface area contributed by atoms with Gasteiger partial charge in [0.2, 0.25) is 0 Å². The smallest absolute Gasteiger partial charge is 0.129 e. The minimum absolute atomic E-state index is 0.0711. The molecule has 0 aromatic heterocycles. The number of hydrogen-bond acceptors (Lipinski definition) is 1. The fourth-order valence-electron chi connectivity index (χ4n) is 2.40. The first-order valence-corrected chi connectivity index (χ1v) is 7.60. The van der Waals surface area contributed by atoms with Gasteiger partial charge in [-0.2, -0.15) is 0 Å². The van der Waals surface area contributed by atoms with Gasteiger partial charge in [0, 0.05) is 22.1 Å². The van der Waals surface area contributed by atoms with Crippen LogP contribution in [0.3, 0.4) is 0 Å². The van der Waals surface area contributed by atoms with Crippen molar-refractivity contribution in [2.45, 2.75) is 51.6 Å². The van der Waals surface area contributed by atoms with Crippen molar-refractivity contribution in [1.82, 2.24) is 5.32 Å². The van der Waals surface area contributed by atoms with E-state index in [1.165, 1.54) is 25.3 Å². The van der Waals surface area contributed by atoms with Crippen molar-refractivity contribution in [3.63, 3.8) is 0 Å². The molecule has 1 N–H and O–H groups in total. The van der Waals surface area contributed by atoms with E-state index in [0.717, 1.165) is 22.4 Å². The summed E-state index contributed by atoms with van der Waals surface area (Å²) in [7, 11) is 0. The maximum Gasteiger partial charge on any atom is 0.129 e. The van der Waals surface area contributed by atoms with Crippen molar-refractivity contribution in [3.05, 3.63) is 34.1 Å². The number of nitrogens with one attached hydrogen (secondary N) is 1. The van der Waals surface area contributed by atoms with Crippen LogP contribution in [0.15, 0.2) is 22.7 Å². The lowest BCUT2D eigenvalue weighted by Crippen LogP contribution is -2.31. The molecule has 0 bridgehead atoms. The monoisotopic (exact) mass is 313 g/mol. The number of hydrogen-bond donors (Lipinski definition) is 1. The molecular weight excluding hydrogens is 293 g/mol. The van der Waals surface area contributed by atoms with Crippen molar-refractivity contribution >= 4 is 15.9 Å². The standard InChI is InChI=1S/C15H21BrFN/c1-3-13(8-11-4-5-11)18-10(2)14-7-6-12(16)9-15(14)17/h6-7,9-11,13,18H,3-5,8H2,1-2H3. The zero-order chi connectivity index (χ0) is 13.1. The van der Waals surface area contributed by atoms with E-state index in [-0.39, 0.29) is 11.9 Å². The average molecular weight is 314 g/mol. The first kappa shape index (κ1) is 14.0. The van der Waals surface area contributed by atoms with Gasteiger partial charge in [0.15, 0.2) is 0 Å². The van der Waals surface area contributed by atoms with Gasteiger partial charge in [0.25, 0.3) is 0 Å². The van der Waals surface area contributed by atoms with Crippen LogP contribution in [0.1, 0.15) is 51.1 Å². The fraction of sp³-hybridized carbons (Fsp3) is 0.600. The summed E-state index contributed by atoms with van der Waals surface area (Å²) in [6, 6.07) is 5.88. The molecule has 0 aliphatic heterocycles. The molecule has 0 heterocycles. The third-order valence-electron chi connectivity index (χ3n) is 3.72. The molecule has 2 rings (SSSR count). The SMILES string of the molecule is CCC(CC1CC1)NC(C)c1ccc(Br)cc1F.